The molecule has 2 nitrogen and oxygen atoms in total. The molecular weight excluding hydrogens is 761 g/mol. The van der Waals surface area contributed by atoms with E-state index in [0.29, 0.717) is 0 Å². The van der Waals surface area contributed by atoms with Crippen molar-refractivity contribution in [1.82, 2.24) is 9.13 Å². The molecule has 12 aromatic rings. The fourth-order valence-electron chi connectivity index (χ4n) is 10.4. The van der Waals surface area contributed by atoms with E-state index in [9.17, 15) is 0 Å². The van der Waals surface area contributed by atoms with Crippen molar-refractivity contribution in [2.24, 2.45) is 0 Å². The van der Waals surface area contributed by atoms with Gasteiger partial charge in [0.2, 0.25) is 0 Å². The SMILES string of the molecule is C1=C(c2cc(-c3ccccc3)cc(-c3ccc(-n4c5ccccc5c5c(-c6cccc7c6c6ccccc6n7-c6ccc7ccccc7c6)cccc54)cc3)c2)Cc2ccccc21. The van der Waals surface area contributed by atoms with Gasteiger partial charge < -0.3 is 9.13 Å². The second-order valence-corrected chi connectivity index (χ2v) is 16.9. The van der Waals surface area contributed by atoms with Crippen LogP contribution in [0.2, 0.25) is 0 Å². The first-order valence-electron chi connectivity index (χ1n) is 21.9. The summed E-state index contributed by atoms with van der Waals surface area (Å²) in [6, 6.07) is 82.7. The zero-order valence-corrected chi connectivity index (χ0v) is 34.5. The third-order valence-corrected chi connectivity index (χ3v) is 13.3. The van der Waals surface area contributed by atoms with Gasteiger partial charge in [0.05, 0.1) is 22.1 Å². The number of fused-ring (bicyclic) bond motifs is 8. The van der Waals surface area contributed by atoms with E-state index in [0.717, 1.165) is 12.1 Å². The number of hydrogen-bond donors (Lipinski definition) is 0. The highest BCUT2D eigenvalue weighted by atomic mass is 15.0. The molecule has 0 aliphatic heterocycles. The molecule has 294 valence electrons. The number of rotatable bonds is 6. The Morgan fingerprint density at radius 3 is 1.52 bits per heavy atom. The smallest absolute Gasteiger partial charge is 0.0547 e. The molecule has 1 aliphatic rings. The normalized spacial score (nSPS) is 12.5. The number of allylic oxidation sites excluding steroid dienone is 1. The summed E-state index contributed by atoms with van der Waals surface area (Å²) in [6.07, 6.45) is 3.32. The van der Waals surface area contributed by atoms with Crippen molar-refractivity contribution in [3.05, 3.63) is 241 Å². The molecule has 13 rings (SSSR count). The number of aromatic nitrogens is 2. The minimum atomic E-state index is 0.948. The Hall–Kier alpha value is -8.20. The molecule has 0 saturated heterocycles. The first-order valence-corrected chi connectivity index (χ1v) is 21.9. The maximum atomic E-state index is 2.45. The third-order valence-electron chi connectivity index (χ3n) is 13.3. The number of hydrogen-bond acceptors (Lipinski definition) is 0. The van der Waals surface area contributed by atoms with E-state index >= 15 is 0 Å². The molecule has 0 atom stereocenters. The van der Waals surface area contributed by atoms with Gasteiger partial charge in [0.1, 0.15) is 0 Å². The van der Waals surface area contributed by atoms with Crippen LogP contribution in [-0.4, -0.2) is 9.13 Å². The van der Waals surface area contributed by atoms with Crippen molar-refractivity contribution in [1.29, 1.82) is 0 Å². The summed E-state index contributed by atoms with van der Waals surface area (Å²) in [7, 11) is 0. The Kier molecular flexibility index (Phi) is 8.01. The highest BCUT2D eigenvalue weighted by Gasteiger charge is 2.21. The van der Waals surface area contributed by atoms with Gasteiger partial charge in [-0.3, -0.25) is 0 Å². The molecule has 0 unspecified atom stereocenters. The van der Waals surface area contributed by atoms with Crippen molar-refractivity contribution in [3.63, 3.8) is 0 Å². The van der Waals surface area contributed by atoms with Crippen LogP contribution in [0.4, 0.5) is 0 Å². The van der Waals surface area contributed by atoms with Gasteiger partial charge in [0, 0.05) is 32.9 Å². The molecule has 2 heterocycles. The highest BCUT2D eigenvalue weighted by molar-refractivity contribution is 6.22. The highest BCUT2D eigenvalue weighted by Crippen LogP contribution is 2.44. The molecular formula is C61H40N2. The molecule has 2 aromatic heterocycles. The lowest BCUT2D eigenvalue weighted by Gasteiger charge is -2.13. The molecule has 0 fully saturated rings. The van der Waals surface area contributed by atoms with Gasteiger partial charge in [-0.2, -0.15) is 0 Å². The molecule has 0 saturated carbocycles. The average Bonchev–Trinajstić information content (AvgIpc) is 4.05. The van der Waals surface area contributed by atoms with Gasteiger partial charge in [-0.1, -0.05) is 164 Å². The van der Waals surface area contributed by atoms with Crippen molar-refractivity contribution in [2.45, 2.75) is 6.42 Å². The summed E-state index contributed by atoms with van der Waals surface area (Å²) >= 11 is 0. The van der Waals surface area contributed by atoms with E-state index < -0.39 is 0 Å². The Labute approximate surface area is 365 Å². The van der Waals surface area contributed by atoms with Crippen LogP contribution in [0, 0.1) is 0 Å². The van der Waals surface area contributed by atoms with E-state index in [2.05, 4.69) is 240 Å². The van der Waals surface area contributed by atoms with Crippen LogP contribution in [0.1, 0.15) is 16.7 Å². The Morgan fingerprint density at radius 1 is 0.317 bits per heavy atom. The zero-order valence-electron chi connectivity index (χ0n) is 34.5. The molecule has 63 heavy (non-hydrogen) atoms. The van der Waals surface area contributed by atoms with Crippen molar-refractivity contribution in [2.75, 3.05) is 0 Å². The lowest BCUT2D eigenvalue weighted by molar-refractivity contribution is 1.18. The predicted octanol–water partition coefficient (Wildman–Crippen LogP) is 16.1. The van der Waals surface area contributed by atoms with Crippen LogP contribution in [0.3, 0.4) is 0 Å². The molecule has 0 bridgehead atoms. The maximum absolute atomic E-state index is 2.45. The van der Waals surface area contributed by atoms with Crippen molar-refractivity contribution in [3.8, 4) is 44.8 Å². The average molecular weight is 801 g/mol. The second kappa shape index (κ2) is 14.2. The van der Waals surface area contributed by atoms with Crippen LogP contribution >= 0.6 is 0 Å². The van der Waals surface area contributed by atoms with Gasteiger partial charge in [-0.05, 0) is 140 Å². The summed E-state index contributed by atoms with van der Waals surface area (Å²) in [5.74, 6) is 0. The lowest BCUT2D eigenvalue weighted by atomic mass is 9.92. The summed E-state index contributed by atoms with van der Waals surface area (Å²) in [4.78, 5) is 0. The molecule has 0 spiro atoms. The van der Waals surface area contributed by atoms with E-state index in [1.807, 2.05) is 0 Å². The number of benzene rings is 10. The molecule has 2 heteroatoms. The predicted molar refractivity (Wildman–Crippen MR) is 267 cm³/mol. The number of para-hydroxylation sites is 2. The van der Waals surface area contributed by atoms with Crippen LogP contribution in [0.15, 0.2) is 224 Å². The minimum absolute atomic E-state index is 0.948. The van der Waals surface area contributed by atoms with Crippen LogP contribution < -0.4 is 0 Å². The summed E-state index contributed by atoms with van der Waals surface area (Å²) in [5.41, 5.74) is 19.8. The van der Waals surface area contributed by atoms with E-state index in [-0.39, 0.29) is 0 Å². The summed E-state index contributed by atoms with van der Waals surface area (Å²) in [6.45, 7) is 0. The fourth-order valence-corrected chi connectivity index (χ4v) is 10.4. The van der Waals surface area contributed by atoms with Gasteiger partial charge in [-0.15, -0.1) is 0 Å². The standard InChI is InChI=1S/C61H40N2/c1-2-14-40(15-3-1)46-36-47(38-49(37-46)48-34-43-17-6-7-18-44(43)35-48)42-28-31-50(32-29-42)62-56-24-10-8-20-54(56)60-52(22-12-26-58(60)62)53-23-13-27-59-61(53)55-21-9-11-25-57(55)63(59)51-33-30-41-16-4-5-19-45(41)39-51/h1-34,36-39H,35H2. The van der Waals surface area contributed by atoms with Gasteiger partial charge in [-0.25, -0.2) is 0 Å². The van der Waals surface area contributed by atoms with E-state index in [1.54, 1.807) is 0 Å². The summed E-state index contributed by atoms with van der Waals surface area (Å²) in [5, 5.41) is 7.51. The van der Waals surface area contributed by atoms with Gasteiger partial charge >= 0.3 is 0 Å². The topological polar surface area (TPSA) is 9.86 Å². The summed E-state index contributed by atoms with van der Waals surface area (Å²) < 4.78 is 4.89. The Balaban J connectivity index is 0.957. The van der Waals surface area contributed by atoms with Crippen molar-refractivity contribution < 1.29 is 0 Å². The first-order chi connectivity index (χ1) is 31.2. The molecule has 1 aliphatic carbocycles. The minimum Gasteiger partial charge on any atom is -0.309 e. The van der Waals surface area contributed by atoms with E-state index in [1.165, 1.54) is 116 Å². The molecule has 10 aromatic carbocycles. The number of nitrogens with zero attached hydrogens (tertiary/aromatic N) is 2. The Morgan fingerprint density at radius 2 is 0.841 bits per heavy atom. The van der Waals surface area contributed by atoms with Crippen LogP contribution in [0.5, 0.6) is 0 Å². The monoisotopic (exact) mass is 800 g/mol. The van der Waals surface area contributed by atoms with E-state index in [4.69, 9.17) is 0 Å². The maximum Gasteiger partial charge on any atom is 0.0547 e. The third kappa shape index (κ3) is 5.72. The second-order valence-electron chi connectivity index (χ2n) is 16.9. The fraction of sp³-hybridized carbons (Fsp3) is 0.0164. The van der Waals surface area contributed by atoms with Gasteiger partial charge in [0.25, 0.3) is 0 Å². The zero-order chi connectivity index (χ0) is 41.4. The molecule has 0 N–H and O–H groups in total. The van der Waals surface area contributed by atoms with Gasteiger partial charge in [0.15, 0.2) is 0 Å². The first kappa shape index (κ1) is 35.5. The lowest BCUT2D eigenvalue weighted by Crippen LogP contribution is -1.94. The van der Waals surface area contributed by atoms with Crippen LogP contribution in [0.25, 0.3) is 111 Å². The molecule has 0 amide bonds. The quantitative estimate of drug-likeness (QED) is 0.159. The van der Waals surface area contributed by atoms with Crippen LogP contribution in [-0.2, 0) is 6.42 Å². The Bertz CT molecular complexity index is 3800. The largest absolute Gasteiger partial charge is 0.309 e. The molecule has 0 radical (unpaired) electrons. The van der Waals surface area contributed by atoms with Crippen molar-refractivity contribution >= 4 is 66.0 Å².